The minimum atomic E-state index is -2.77. The first-order valence-corrected chi connectivity index (χ1v) is 10.1. The second-order valence-electron chi connectivity index (χ2n) is 6.43. The van der Waals surface area contributed by atoms with E-state index in [2.05, 4.69) is 15.3 Å². The van der Waals surface area contributed by atoms with Crippen molar-refractivity contribution >= 4 is 13.3 Å². The Morgan fingerprint density at radius 3 is 2.62 bits per heavy atom. The van der Waals surface area contributed by atoms with Gasteiger partial charge in [-0.15, -0.1) is 0 Å². The van der Waals surface area contributed by atoms with Crippen molar-refractivity contribution in [2.24, 2.45) is 0 Å². The third-order valence-electron chi connectivity index (χ3n) is 4.47. The molecule has 0 saturated carbocycles. The van der Waals surface area contributed by atoms with Crippen LogP contribution in [-0.4, -0.2) is 34.4 Å². The van der Waals surface area contributed by atoms with Gasteiger partial charge in [-0.3, -0.25) is 4.57 Å². The molecule has 1 saturated heterocycles. The molecule has 3 rings (SSSR count). The highest BCUT2D eigenvalue weighted by Crippen LogP contribution is 2.63. The fourth-order valence-electron chi connectivity index (χ4n) is 3.18. The van der Waals surface area contributed by atoms with Gasteiger partial charge in [0.05, 0.1) is 18.0 Å². The smallest absolute Gasteiger partial charge is 0.212 e. The number of hydrogen-bond donors (Lipinski definition) is 3. The lowest BCUT2D eigenvalue weighted by molar-refractivity contribution is 0.344. The fourth-order valence-corrected chi connectivity index (χ4v) is 5.78. The summed E-state index contributed by atoms with van der Waals surface area (Å²) in [7, 11) is -2.77. The predicted octanol–water partition coefficient (Wildman–Crippen LogP) is 3.89. The fraction of sp³-hybridized carbons (Fsp3) is 0.471. The van der Waals surface area contributed by atoms with E-state index in [1.165, 1.54) is 0 Å². The quantitative estimate of drug-likeness (QED) is 0.713. The van der Waals surface area contributed by atoms with Gasteiger partial charge in [0, 0.05) is 18.9 Å². The summed E-state index contributed by atoms with van der Waals surface area (Å²) in [6.07, 6.45) is 3.24. The van der Waals surface area contributed by atoms with E-state index in [-0.39, 0.29) is 11.4 Å². The molecule has 1 fully saturated rings. The molecule has 2 heterocycles. The molecule has 2 unspecified atom stereocenters. The van der Waals surface area contributed by atoms with Crippen LogP contribution in [0.15, 0.2) is 18.3 Å². The molecule has 1 aliphatic heterocycles. The van der Waals surface area contributed by atoms with Gasteiger partial charge >= 0.3 is 0 Å². The van der Waals surface area contributed by atoms with E-state index in [4.69, 9.17) is 4.52 Å². The molecule has 0 aliphatic carbocycles. The van der Waals surface area contributed by atoms with Crippen LogP contribution in [0.1, 0.15) is 34.5 Å². The highest BCUT2D eigenvalue weighted by atomic mass is 31.2. The van der Waals surface area contributed by atoms with Gasteiger partial charge in [0.1, 0.15) is 5.75 Å². The first-order chi connectivity index (χ1) is 11.4. The Kier molecular flexibility index (Phi) is 4.70. The van der Waals surface area contributed by atoms with Crippen LogP contribution in [-0.2, 0) is 9.09 Å². The average Bonchev–Trinajstić information content (AvgIpc) is 3.14. The Balaban J connectivity index is 1.91. The number of aryl methyl sites for hydroxylation is 3. The molecule has 130 valence electrons. The van der Waals surface area contributed by atoms with Crippen molar-refractivity contribution < 1.29 is 14.2 Å². The Labute approximate surface area is 142 Å². The lowest BCUT2D eigenvalue weighted by atomic mass is 10.0. The molecule has 1 aromatic carbocycles. The number of nitrogens with zero attached hydrogens (tertiary/aromatic N) is 1. The van der Waals surface area contributed by atoms with Gasteiger partial charge in [-0.05, 0) is 43.9 Å². The van der Waals surface area contributed by atoms with E-state index >= 15 is 0 Å². The molecule has 2 atom stereocenters. The third kappa shape index (κ3) is 3.35. The molecule has 0 bridgehead atoms. The monoisotopic (exact) mass is 349 g/mol. The normalized spacial score (nSPS) is 21.8. The summed E-state index contributed by atoms with van der Waals surface area (Å²) in [6.45, 7) is 6.64. The number of aromatic nitrogens is 2. The summed E-state index contributed by atoms with van der Waals surface area (Å²) in [5.74, 6) is 0.952. The number of rotatable bonds is 5. The van der Waals surface area contributed by atoms with Gasteiger partial charge in [-0.25, -0.2) is 4.98 Å². The van der Waals surface area contributed by atoms with Crippen LogP contribution in [0.25, 0.3) is 0 Å². The predicted molar refractivity (Wildman–Crippen MR) is 95.2 cm³/mol. The number of phenols is 1. The number of anilines is 1. The van der Waals surface area contributed by atoms with E-state index in [0.29, 0.717) is 25.3 Å². The van der Waals surface area contributed by atoms with E-state index in [9.17, 15) is 9.67 Å². The summed E-state index contributed by atoms with van der Waals surface area (Å²) < 4.78 is 19.0. The van der Waals surface area contributed by atoms with Crippen LogP contribution in [0.2, 0.25) is 0 Å². The second-order valence-corrected chi connectivity index (χ2v) is 9.21. The zero-order valence-corrected chi connectivity index (χ0v) is 15.2. The van der Waals surface area contributed by atoms with Gasteiger partial charge < -0.3 is 19.9 Å². The van der Waals surface area contributed by atoms with Crippen molar-refractivity contribution in [1.82, 2.24) is 9.97 Å². The SMILES string of the molecule is Cc1c[nH]c(NCC(c2cc(C)c(O)c(C)c2)P2(=O)CCCO2)n1. The van der Waals surface area contributed by atoms with Gasteiger partial charge in [0.25, 0.3) is 0 Å². The van der Waals surface area contributed by atoms with Crippen molar-refractivity contribution in [2.75, 3.05) is 24.6 Å². The molecule has 24 heavy (non-hydrogen) atoms. The number of hydrogen-bond acceptors (Lipinski definition) is 5. The molecule has 2 aromatic rings. The number of phenolic OH excluding ortho intramolecular Hbond substituents is 1. The summed E-state index contributed by atoms with van der Waals surface area (Å²) in [4.78, 5) is 7.39. The lowest BCUT2D eigenvalue weighted by Crippen LogP contribution is -2.15. The van der Waals surface area contributed by atoms with E-state index in [1.807, 2.05) is 39.1 Å². The largest absolute Gasteiger partial charge is 0.507 e. The van der Waals surface area contributed by atoms with E-state index in [1.54, 1.807) is 0 Å². The van der Waals surface area contributed by atoms with Crippen LogP contribution in [0.5, 0.6) is 5.75 Å². The standard InChI is InChI=1S/C17H24N3O3P/c1-11-7-14(8-12(2)16(11)21)15(24(22)6-4-5-23-24)10-19-17-18-9-13(3)20-17/h7-9,15,21H,4-6,10H2,1-3H3,(H2,18,19,20). The van der Waals surface area contributed by atoms with Crippen LogP contribution in [0, 0.1) is 20.8 Å². The van der Waals surface area contributed by atoms with Crippen LogP contribution in [0.3, 0.4) is 0 Å². The van der Waals surface area contributed by atoms with Crippen molar-refractivity contribution in [2.45, 2.75) is 32.9 Å². The van der Waals surface area contributed by atoms with Crippen LogP contribution < -0.4 is 5.32 Å². The summed E-state index contributed by atoms with van der Waals surface area (Å²) in [6, 6.07) is 3.81. The topological polar surface area (TPSA) is 87.2 Å². The maximum Gasteiger partial charge on any atom is 0.212 e. The van der Waals surface area contributed by atoms with E-state index in [0.717, 1.165) is 28.8 Å². The van der Waals surface area contributed by atoms with Gasteiger partial charge in [0.15, 0.2) is 5.95 Å². The summed E-state index contributed by atoms with van der Waals surface area (Å²) in [5, 5.41) is 13.3. The van der Waals surface area contributed by atoms with Crippen molar-refractivity contribution in [1.29, 1.82) is 0 Å². The number of benzene rings is 1. The molecular formula is C17H24N3O3P. The average molecular weight is 349 g/mol. The van der Waals surface area contributed by atoms with Crippen molar-refractivity contribution in [3.8, 4) is 5.75 Å². The number of H-pyrrole nitrogens is 1. The first-order valence-electron chi connectivity index (χ1n) is 8.18. The minimum Gasteiger partial charge on any atom is -0.507 e. The lowest BCUT2D eigenvalue weighted by Gasteiger charge is -2.25. The Bertz CT molecular complexity index is 754. The number of nitrogens with one attached hydrogen (secondary N) is 2. The number of aromatic amines is 1. The van der Waals surface area contributed by atoms with Gasteiger partial charge in [-0.1, -0.05) is 12.1 Å². The minimum absolute atomic E-state index is 0.261. The molecule has 0 spiro atoms. The molecule has 0 amide bonds. The van der Waals surface area contributed by atoms with Crippen molar-refractivity contribution in [3.63, 3.8) is 0 Å². The zero-order valence-electron chi connectivity index (χ0n) is 14.3. The highest BCUT2D eigenvalue weighted by Gasteiger charge is 2.39. The molecule has 1 aromatic heterocycles. The van der Waals surface area contributed by atoms with Crippen LogP contribution >= 0.6 is 7.37 Å². The maximum atomic E-state index is 13.3. The molecule has 3 N–H and O–H groups in total. The second kappa shape index (κ2) is 6.61. The summed E-state index contributed by atoms with van der Waals surface area (Å²) in [5.41, 5.74) is 3.14. The Morgan fingerprint density at radius 2 is 2.08 bits per heavy atom. The molecule has 7 heteroatoms. The molecule has 6 nitrogen and oxygen atoms in total. The maximum absolute atomic E-state index is 13.3. The molecule has 0 radical (unpaired) electrons. The summed E-state index contributed by atoms with van der Waals surface area (Å²) >= 11 is 0. The molecule has 1 aliphatic rings. The highest BCUT2D eigenvalue weighted by molar-refractivity contribution is 7.59. The van der Waals surface area contributed by atoms with Crippen molar-refractivity contribution in [3.05, 3.63) is 40.7 Å². The first kappa shape index (κ1) is 17.1. The van der Waals surface area contributed by atoms with E-state index < -0.39 is 7.37 Å². The zero-order chi connectivity index (χ0) is 17.3. The van der Waals surface area contributed by atoms with Crippen LogP contribution in [0.4, 0.5) is 5.95 Å². The molecular weight excluding hydrogens is 325 g/mol. The van der Waals surface area contributed by atoms with Gasteiger partial charge in [0.2, 0.25) is 7.37 Å². The Morgan fingerprint density at radius 1 is 1.38 bits per heavy atom. The Hall–Kier alpha value is -1.78. The van der Waals surface area contributed by atoms with Gasteiger partial charge in [-0.2, -0.15) is 0 Å². The number of imidazole rings is 1. The number of aromatic hydroxyl groups is 1. The third-order valence-corrected chi connectivity index (χ3v) is 7.46.